The summed E-state index contributed by atoms with van der Waals surface area (Å²) in [7, 11) is 1.40. The number of halogens is 2. The molecule has 0 heterocycles. The van der Waals surface area contributed by atoms with Gasteiger partial charge in [-0.25, -0.2) is 8.78 Å². The van der Waals surface area contributed by atoms with Crippen molar-refractivity contribution in [2.45, 2.75) is 13.3 Å². The second-order valence-electron chi connectivity index (χ2n) is 3.32. The Balaban J connectivity index is 3.02. The fraction of sp³-hybridized carbons (Fsp3) is 0.364. The van der Waals surface area contributed by atoms with Gasteiger partial charge < -0.3 is 10.6 Å². The van der Waals surface area contributed by atoms with Crippen molar-refractivity contribution in [2.75, 3.05) is 18.9 Å². The molecule has 0 aliphatic rings. The molecular weight excluding hydrogens is 214 g/mol. The Kier molecular flexibility index (Phi) is 4.22. The van der Waals surface area contributed by atoms with Crippen LogP contribution in [0.25, 0.3) is 0 Å². The van der Waals surface area contributed by atoms with Gasteiger partial charge >= 0.3 is 0 Å². The van der Waals surface area contributed by atoms with Crippen molar-refractivity contribution in [3.8, 4) is 0 Å². The van der Waals surface area contributed by atoms with E-state index in [1.807, 2.05) is 6.92 Å². The smallest absolute Gasteiger partial charge is 0.251 e. The van der Waals surface area contributed by atoms with Crippen molar-refractivity contribution in [3.63, 3.8) is 0 Å². The topological polar surface area (TPSA) is 41.1 Å². The molecule has 1 aromatic carbocycles. The van der Waals surface area contributed by atoms with Crippen LogP contribution < -0.4 is 10.6 Å². The third kappa shape index (κ3) is 2.68. The van der Waals surface area contributed by atoms with E-state index in [0.717, 1.165) is 18.6 Å². The van der Waals surface area contributed by atoms with Crippen molar-refractivity contribution in [3.05, 3.63) is 29.3 Å². The minimum atomic E-state index is -0.757. The molecule has 1 rings (SSSR count). The second kappa shape index (κ2) is 5.44. The van der Waals surface area contributed by atoms with E-state index in [-0.39, 0.29) is 11.3 Å². The van der Waals surface area contributed by atoms with Crippen molar-refractivity contribution in [1.82, 2.24) is 5.32 Å². The van der Waals surface area contributed by atoms with Crippen LogP contribution in [-0.2, 0) is 0 Å². The van der Waals surface area contributed by atoms with Crippen LogP contribution in [0.1, 0.15) is 23.7 Å². The summed E-state index contributed by atoms with van der Waals surface area (Å²) < 4.78 is 26.9. The number of carbonyl (C=O) groups excluding carboxylic acids is 1. The van der Waals surface area contributed by atoms with E-state index in [0.29, 0.717) is 6.54 Å². The van der Waals surface area contributed by atoms with Gasteiger partial charge in [0.15, 0.2) is 0 Å². The third-order valence-corrected chi connectivity index (χ3v) is 2.08. The maximum atomic E-state index is 13.4. The highest BCUT2D eigenvalue weighted by molar-refractivity contribution is 5.94. The molecule has 0 radical (unpaired) electrons. The van der Waals surface area contributed by atoms with E-state index in [1.54, 1.807) is 0 Å². The first-order valence-corrected chi connectivity index (χ1v) is 5.05. The van der Waals surface area contributed by atoms with Gasteiger partial charge in [0.2, 0.25) is 0 Å². The van der Waals surface area contributed by atoms with E-state index >= 15 is 0 Å². The van der Waals surface area contributed by atoms with Crippen molar-refractivity contribution >= 4 is 11.6 Å². The maximum absolute atomic E-state index is 13.4. The molecule has 0 saturated carbocycles. The number of rotatable bonds is 4. The number of hydrogen-bond acceptors (Lipinski definition) is 2. The van der Waals surface area contributed by atoms with Crippen molar-refractivity contribution in [1.29, 1.82) is 0 Å². The molecule has 0 aliphatic heterocycles. The SMILES string of the molecule is CCCNc1c(F)cc(C(=O)NC)cc1F. The highest BCUT2D eigenvalue weighted by Crippen LogP contribution is 2.20. The molecule has 16 heavy (non-hydrogen) atoms. The molecule has 0 bridgehead atoms. The quantitative estimate of drug-likeness (QED) is 0.829. The molecule has 1 amide bonds. The zero-order valence-electron chi connectivity index (χ0n) is 9.23. The Hall–Kier alpha value is -1.65. The number of benzene rings is 1. The monoisotopic (exact) mass is 228 g/mol. The normalized spacial score (nSPS) is 10.0. The Bertz CT molecular complexity index is 371. The van der Waals surface area contributed by atoms with Crippen LogP contribution in [0.5, 0.6) is 0 Å². The minimum absolute atomic E-state index is 0.0282. The van der Waals surface area contributed by atoms with Gasteiger partial charge in [0.25, 0.3) is 5.91 Å². The molecule has 0 atom stereocenters. The molecule has 0 aromatic heterocycles. The first-order chi connectivity index (χ1) is 7.60. The molecule has 0 aliphatic carbocycles. The lowest BCUT2D eigenvalue weighted by Crippen LogP contribution is -2.18. The predicted octanol–water partition coefficient (Wildman–Crippen LogP) is 2.15. The summed E-state index contributed by atoms with van der Waals surface area (Å²) in [5.41, 5.74) is -0.214. The van der Waals surface area contributed by atoms with E-state index in [1.165, 1.54) is 7.05 Å². The molecule has 2 N–H and O–H groups in total. The predicted molar refractivity (Wildman–Crippen MR) is 58.5 cm³/mol. The largest absolute Gasteiger partial charge is 0.380 e. The first-order valence-electron chi connectivity index (χ1n) is 5.05. The molecule has 1 aromatic rings. The van der Waals surface area contributed by atoms with Crippen LogP contribution in [0.2, 0.25) is 0 Å². The summed E-state index contributed by atoms with van der Waals surface area (Å²) in [6.07, 6.45) is 0.760. The summed E-state index contributed by atoms with van der Waals surface area (Å²) in [6, 6.07) is 2.03. The number of hydrogen-bond donors (Lipinski definition) is 2. The molecular formula is C11H14F2N2O. The van der Waals surface area contributed by atoms with Crippen LogP contribution in [0.15, 0.2) is 12.1 Å². The summed E-state index contributed by atoms with van der Waals surface area (Å²) >= 11 is 0. The summed E-state index contributed by atoms with van der Waals surface area (Å²) in [6.45, 7) is 2.37. The average Bonchev–Trinajstić information content (AvgIpc) is 2.26. The van der Waals surface area contributed by atoms with Gasteiger partial charge in [-0.15, -0.1) is 0 Å². The number of nitrogens with one attached hydrogen (secondary N) is 2. The average molecular weight is 228 g/mol. The second-order valence-corrected chi connectivity index (χ2v) is 3.32. The first kappa shape index (κ1) is 12.4. The third-order valence-electron chi connectivity index (χ3n) is 2.08. The van der Waals surface area contributed by atoms with Gasteiger partial charge in [-0.05, 0) is 18.6 Å². The lowest BCUT2D eigenvalue weighted by atomic mass is 10.1. The van der Waals surface area contributed by atoms with E-state index in [2.05, 4.69) is 10.6 Å². The van der Waals surface area contributed by atoms with E-state index in [4.69, 9.17) is 0 Å². The lowest BCUT2D eigenvalue weighted by Gasteiger charge is -2.09. The zero-order chi connectivity index (χ0) is 12.1. The van der Waals surface area contributed by atoms with Gasteiger partial charge in [0.05, 0.1) is 0 Å². The van der Waals surface area contributed by atoms with Crippen LogP contribution in [0, 0.1) is 11.6 Å². The van der Waals surface area contributed by atoms with Crippen LogP contribution in [0.4, 0.5) is 14.5 Å². The summed E-state index contributed by atoms with van der Waals surface area (Å²) in [4.78, 5) is 11.2. The number of carbonyl (C=O) groups is 1. The van der Waals surface area contributed by atoms with Gasteiger partial charge in [-0.1, -0.05) is 6.92 Å². The molecule has 0 spiro atoms. The number of anilines is 1. The van der Waals surface area contributed by atoms with Gasteiger partial charge in [-0.3, -0.25) is 4.79 Å². The van der Waals surface area contributed by atoms with Gasteiger partial charge in [-0.2, -0.15) is 0 Å². The fourth-order valence-electron chi connectivity index (χ4n) is 1.27. The molecule has 0 unspecified atom stereocenters. The van der Waals surface area contributed by atoms with Gasteiger partial charge in [0, 0.05) is 19.2 Å². The van der Waals surface area contributed by atoms with Crippen LogP contribution in [0.3, 0.4) is 0 Å². The molecule has 0 fully saturated rings. The lowest BCUT2D eigenvalue weighted by molar-refractivity contribution is 0.0962. The zero-order valence-corrected chi connectivity index (χ0v) is 9.23. The molecule has 3 nitrogen and oxygen atoms in total. The van der Waals surface area contributed by atoms with E-state index in [9.17, 15) is 13.6 Å². The maximum Gasteiger partial charge on any atom is 0.251 e. The molecule has 88 valence electrons. The Labute approximate surface area is 92.8 Å². The highest BCUT2D eigenvalue weighted by atomic mass is 19.1. The number of amides is 1. The van der Waals surface area contributed by atoms with Crippen molar-refractivity contribution < 1.29 is 13.6 Å². The Morgan fingerprint density at radius 1 is 1.31 bits per heavy atom. The Morgan fingerprint density at radius 2 is 1.88 bits per heavy atom. The van der Waals surface area contributed by atoms with Crippen molar-refractivity contribution in [2.24, 2.45) is 0 Å². The summed E-state index contributed by atoms with van der Waals surface area (Å²) in [5, 5.41) is 4.94. The van der Waals surface area contributed by atoms with E-state index < -0.39 is 17.5 Å². The van der Waals surface area contributed by atoms with Crippen LogP contribution in [-0.4, -0.2) is 19.5 Å². The molecule has 0 saturated heterocycles. The fourth-order valence-corrected chi connectivity index (χ4v) is 1.27. The standard InChI is InChI=1S/C11H14F2N2O/c1-3-4-15-10-8(12)5-7(6-9(10)13)11(16)14-2/h5-6,15H,3-4H2,1-2H3,(H,14,16). The summed E-state index contributed by atoms with van der Waals surface area (Å²) in [5.74, 6) is -2.03. The minimum Gasteiger partial charge on any atom is -0.380 e. The molecule has 5 heteroatoms. The highest BCUT2D eigenvalue weighted by Gasteiger charge is 2.13. The van der Waals surface area contributed by atoms with Crippen LogP contribution >= 0.6 is 0 Å². The van der Waals surface area contributed by atoms with Gasteiger partial charge in [0.1, 0.15) is 17.3 Å². The Morgan fingerprint density at radius 3 is 2.31 bits per heavy atom.